The fourth-order valence-corrected chi connectivity index (χ4v) is 5.25. The first-order valence-electron chi connectivity index (χ1n) is 9.90. The highest BCUT2D eigenvalue weighted by molar-refractivity contribution is 7.99. The third-order valence-electron chi connectivity index (χ3n) is 4.69. The van der Waals surface area contributed by atoms with Gasteiger partial charge in [-0.1, -0.05) is 36.4 Å². The second kappa shape index (κ2) is 11.3. The Bertz CT molecular complexity index is 768. The van der Waals surface area contributed by atoms with Crippen LogP contribution in [0.2, 0.25) is 0 Å². The second-order valence-corrected chi connectivity index (χ2v) is 9.49. The van der Waals surface area contributed by atoms with Crippen molar-refractivity contribution in [3.63, 3.8) is 0 Å². The van der Waals surface area contributed by atoms with E-state index in [4.69, 9.17) is 4.99 Å². The van der Waals surface area contributed by atoms with Crippen LogP contribution in [-0.2, 0) is 10.8 Å². The Labute approximate surface area is 175 Å². The van der Waals surface area contributed by atoms with Crippen LogP contribution in [-0.4, -0.2) is 52.8 Å². The molecule has 2 aromatic rings. The van der Waals surface area contributed by atoms with Gasteiger partial charge in [0.25, 0.3) is 0 Å². The van der Waals surface area contributed by atoms with Gasteiger partial charge < -0.3 is 10.2 Å². The molecule has 1 saturated heterocycles. The van der Waals surface area contributed by atoms with Crippen LogP contribution in [0.25, 0.3) is 0 Å². The van der Waals surface area contributed by atoms with E-state index in [1.54, 1.807) is 0 Å². The standard InChI is InChI=1S/C22H29N3OS2/c1-2-23-22(24-14-16-28(26)21-11-7-4-8-12-21)25-15-13-19(17-25)18-27-20-9-5-3-6-10-20/h3-12,19H,2,13-18H2,1H3,(H,23,24). The summed E-state index contributed by atoms with van der Waals surface area (Å²) >= 11 is 1.94. The number of hydrogen-bond donors (Lipinski definition) is 1. The smallest absolute Gasteiger partial charge is 0.193 e. The van der Waals surface area contributed by atoms with E-state index in [0.29, 0.717) is 18.2 Å². The molecule has 1 N–H and O–H groups in total. The van der Waals surface area contributed by atoms with Gasteiger partial charge in [0.05, 0.1) is 17.3 Å². The normalized spacial score (nSPS) is 18.2. The molecule has 0 radical (unpaired) electrons. The van der Waals surface area contributed by atoms with E-state index in [1.165, 1.54) is 11.3 Å². The minimum Gasteiger partial charge on any atom is -0.357 e. The summed E-state index contributed by atoms with van der Waals surface area (Å²) in [5.41, 5.74) is 0. The molecule has 2 atom stereocenters. The SMILES string of the molecule is CCNC(=NCCS(=O)c1ccccc1)N1CCC(CSc2ccccc2)C1. The molecule has 0 bridgehead atoms. The number of aliphatic imine (C=N–C) groups is 1. The highest BCUT2D eigenvalue weighted by atomic mass is 32.2. The zero-order valence-electron chi connectivity index (χ0n) is 16.4. The Morgan fingerprint density at radius 3 is 2.61 bits per heavy atom. The Kier molecular flexibility index (Phi) is 8.42. The average Bonchev–Trinajstić information content (AvgIpc) is 3.22. The van der Waals surface area contributed by atoms with Gasteiger partial charge in [-0.2, -0.15) is 0 Å². The van der Waals surface area contributed by atoms with Crippen molar-refractivity contribution in [3.05, 3.63) is 60.7 Å². The minimum atomic E-state index is -0.993. The molecule has 0 saturated carbocycles. The lowest BCUT2D eigenvalue weighted by molar-refractivity contribution is 0.475. The van der Waals surface area contributed by atoms with Crippen molar-refractivity contribution in [3.8, 4) is 0 Å². The highest BCUT2D eigenvalue weighted by Crippen LogP contribution is 2.25. The first kappa shape index (κ1) is 20.9. The maximum absolute atomic E-state index is 12.4. The molecule has 4 nitrogen and oxygen atoms in total. The van der Waals surface area contributed by atoms with E-state index in [2.05, 4.69) is 47.5 Å². The van der Waals surface area contributed by atoms with Crippen LogP contribution in [0.1, 0.15) is 13.3 Å². The van der Waals surface area contributed by atoms with Crippen LogP contribution < -0.4 is 5.32 Å². The van der Waals surface area contributed by atoms with Gasteiger partial charge in [0.1, 0.15) is 0 Å². The van der Waals surface area contributed by atoms with E-state index in [9.17, 15) is 4.21 Å². The fourth-order valence-electron chi connectivity index (χ4n) is 3.24. The molecule has 1 heterocycles. The number of hydrogen-bond acceptors (Lipinski definition) is 3. The lowest BCUT2D eigenvalue weighted by Crippen LogP contribution is -2.40. The van der Waals surface area contributed by atoms with Gasteiger partial charge in [0.15, 0.2) is 5.96 Å². The molecule has 0 spiro atoms. The summed E-state index contributed by atoms with van der Waals surface area (Å²) in [4.78, 5) is 9.31. The van der Waals surface area contributed by atoms with Crippen LogP contribution in [0.3, 0.4) is 0 Å². The number of guanidine groups is 1. The molecule has 1 fully saturated rings. The third-order valence-corrected chi connectivity index (χ3v) is 7.29. The molecule has 0 amide bonds. The van der Waals surface area contributed by atoms with Gasteiger partial charge in [0, 0.05) is 40.9 Å². The minimum absolute atomic E-state index is 0.556. The van der Waals surface area contributed by atoms with Crippen molar-refractivity contribution in [2.75, 3.05) is 37.7 Å². The van der Waals surface area contributed by atoms with Crippen LogP contribution in [0.4, 0.5) is 0 Å². The highest BCUT2D eigenvalue weighted by Gasteiger charge is 2.24. The van der Waals surface area contributed by atoms with Gasteiger partial charge in [-0.15, -0.1) is 11.8 Å². The van der Waals surface area contributed by atoms with Crippen LogP contribution in [0, 0.1) is 5.92 Å². The zero-order chi connectivity index (χ0) is 19.6. The maximum Gasteiger partial charge on any atom is 0.193 e. The van der Waals surface area contributed by atoms with Gasteiger partial charge in [0.2, 0.25) is 0 Å². The van der Waals surface area contributed by atoms with Crippen LogP contribution in [0.5, 0.6) is 0 Å². The summed E-state index contributed by atoms with van der Waals surface area (Å²) in [5, 5.41) is 3.40. The number of nitrogens with zero attached hydrogens (tertiary/aromatic N) is 2. The molecular weight excluding hydrogens is 386 g/mol. The van der Waals surface area contributed by atoms with Crippen molar-refractivity contribution < 1.29 is 4.21 Å². The topological polar surface area (TPSA) is 44.7 Å². The Balaban J connectivity index is 1.49. The van der Waals surface area contributed by atoms with Crippen molar-refractivity contribution in [1.29, 1.82) is 0 Å². The molecule has 6 heteroatoms. The lowest BCUT2D eigenvalue weighted by Gasteiger charge is -2.21. The number of benzene rings is 2. The molecule has 2 unspecified atom stereocenters. The summed E-state index contributed by atoms with van der Waals surface area (Å²) in [6.07, 6.45) is 1.19. The van der Waals surface area contributed by atoms with Crippen LogP contribution >= 0.6 is 11.8 Å². The Morgan fingerprint density at radius 1 is 1.18 bits per heavy atom. The predicted molar refractivity (Wildman–Crippen MR) is 121 cm³/mol. The van der Waals surface area contributed by atoms with E-state index >= 15 is 0 Å². The van der Waals surface area contributed by atoms with Gasteiger partial charge in [-0.3, -0.25) is 9.20 Å². The molecule has 2 aromatic carbocycles. The summed E-state index contributed by atoms with van der Waals surface area (Å²) in [5.74, 6) is 3.32. The molecular formula is C22H29N3OS2. The summed E-state index contributed by atoms with van der Waals surface area (Å²) in [7, 11) is -0.993. The maximum atomic E-state index is 12.4. The van der Waals surface area contributed by atoms with Gasteiger partial charge in [-0.05, 0) is 43.5 Å². The van der Waals surface area contributed by atoms with E-state index in [0.717, 1.165) is 36.2 Å². The zero-order valence-corrected chi connectivity index (χ0v) is 18.1. The predicted octanol–water partition coefficient (Wildman–Crippen LogP) is 3.87. The molecule has 1 aliphatic heterocycles. The number of likely N-dealkylation sites (tertiary alicyclic amines) is 1. The van der Waals surface area contributed by atoms with Crippen molar-refractivity contribution in [2.45, 2.75) is 23.1 Å². The monoisotopic (exact) mass is 415 g/mol. The first-order valence-corrected chi connectivity index (χ1v) is 12.2. The third kappa shape index (κ3) is 6.38. The molecule has 1 aliphatic rings. The number of thioether (sulfide) groups is 1. The Morgan fingerprint density at radius 2 is 1.89 bits per heavy atom. The fraction of sp³-hybridized carbons (Fsp3) is 0.409. The largest absolute Gasteiger partial charge is 0.357 e. The first-order chi connectivity index (χ1) is 13.8. The van der Waals surface area contributed by atoms with Crippen molar-refractivity contribution >= 4 is 28.5 Å². The quantitative estimate of drug-likeness (QED) is 0.404. The summed E-state index contributed by atoms with van der Waals surface area (Å²) in [6, 6.07) is 20.2. The lowest BCUT2D eigenvalue weighted by atomic mass is 10.2. The molecule has 0 aliphatic carbocycles. The van der Waals surface area contributed by atoms with E-state index in [1.807, 2.05) is 42.1 Å². The summed E-state index contributed by atoms with van der Waals surface area (Å²) in [6.45, 7) is 5.59. The van der Waals surface area contributed by atoms with Gasteiger partial charge >= 0.3 is 0 Å². The van der Waals surface area contributed by atoms with Gasteiger partial charge in [-0.25, -0.2) is 0 Å². The van der Waals surface area contributed by atoms with E-state index < -0.39 is 10.8 Å². The van der Waals surface area contributed by atoms with Crippen molar-refractivity contribution in [1.82, 2.24) is 10.2 Å². The number of rotatable bonds is 8. The second-order valence-electron chi connectivity index (χ2n) is 6.82. The van der Waals surface area contributed by atoms with E-state index in [-0.39, 0.29) is 0 Å². The molecule has 28 heavy (non-hydrogen) atoms. The average molecular weight is 416 g/mol. The van der Waals surface area contributed by atoms with Crippen LogP contribution in [0.15, 0.2) is 75.4 Å². The molecule has 0 aromatic heterocycles. The Hall–Kier alpha value is -1.79. The molecule has 3 rings (SSSR count). The van der Waals surface area contributed by atoms with Crippen molar-refractivity contribution in [2.24, 2.45) is 10.9 Å². The number of nitrogens with one attached hydrogen (secondary N) is 1. The summed E-state index contributed by atoms with van der Waals surface area (Å²) < 4.78 is 12.4. The molecule has 150 valence electrons.